The number of para-hydroxylation sites is 1. The predicted octanol–water partition coefficient (Wildman–Crippen LogP) is 13.6. The highest BCUT2D eigenvalue weighted by molar-refractivity contribution is 7.26. The van der Waals surface area contributed by atoms with Gasteiger partial charge in [-0.25, -0.2) is 15.0 Å². The quantitative estimate of drug-likeness (QED) is 0.179. The first-order valence-electron chi connectivity index (χ1n) is 18.0. The summed E-state index contributed by atoms with van der Waals surface area (Å²) in [7, 11) is 0. The molecule has 4 nitrogen and oxygen atoms in total. The molecule has 0 unspecified atom stereocenters. The van der Waals surface area contributed by atoms with Gasteiger partial charge in [0.25, 0.3) is 0 Å². The maximum Gasteiger partial charge on any atom is 0.165 e. The van der Waals surface area contributed by atoms with Crippen LogP contribution >= 0.6 is 11.3 Å². The van der Waals surface area contributed by atoms with Gasteiger partial charge in [-0.3, -0.25) is 0 Å². The minimum atomic E-state index is 0.589. The third kappa shape index (κ3) is 5.09. The normalized spacial score (nSPS) is 11.7. The molecule has 252 valence electrons. The summed E-state index contributed by atoms with van der Waals surface area (Å²) in [6.07, 6.45) is 0. The molecule has 5 heteroatoms. The summed E-state index contributed by atoms with van der Waals surface area (Å²) in [5.41, 5.74) is 8.89. The lowest BCUT2D eigenvalue weighted by atomic mass is 9.96. The Balaban J connectivity index is 1.12. The average Bonchev–Trinajstić information content (AvgIpc) is 3.82. The van der Waals surface area contributed by atoms with Gasteiger partial charge in [0.05, 0.1) is 0 Å². The molecule has 0 N–H and O–H groups in total. The molecular weight excluding hydrogens is 679 g/mol. The molecule has 0 saturated heterocycles. The molecule has 3 heterocycles. The van der Waals surface area contributed by atoms with Crippen LogP contribution in [0.2, 0.25) is 0 Å². The van der Waals surface area contributed by atoms with Gasteiger partial charge in [-0.2, -0.15) is 0 Å². The molecule has 0 aliphatic rings. The third-order valence-corrected chi connectivity index (χ3v) is 11.5. The number of aromatic nitrogens is 3. The molecule has 54 heavy (non-hydrogen) atoms. The number of thiophene rings is 1. The third-order valence-electron chi connectivity index (χ3n) is 10.3. The fraction of sp³-hybridized carbons (Fsp3) is 0. The fourth-order valence-electron chi connectivity index (χ4n) is 7.69. The average molecular weight is 708 g/mol. The summed E-state index contributed by atoms with van der Waals surface area (Å²) in [6, 6.07) is 61.6. The van der Waals surface area contributed by atoms with E-state index in [1.54, 1.807) is 11.3 Å². The van der Waals surface area contributed by atoms with Gasteiger partial charge in [-0.15, -0.1) is 11.3 Å². The highest BCUT2D eigenvalue weighted by Gasteiger charge is 2.20. The molecule has 0 bridgehead atoms. The summed E-state index contributed by atoms with van der Waals surface area (Å²) in [5.74, 6) is 1.84. The molecule has 0 radical (unpaired) electrons. The van der Waals surface area contributed by atoms with Crippen LogP contribution in [0, 0.1) is 0 Å². The molecule has 11 aromatic rings. The van der Waals surface area contributed by atoms with E-state index in [0.29, 0.717) is 17.5 Å². The molecule has 0 atom stereocenters. The van der Waals surface area contributed by atoms with Crippen molar-refractivity contribution in [3.63, 3.8) is 0 Å². The number of furan rings is 1. The summed E-state index contributed by atoms with van der Waals surface area (Å²) in [6.45, 7) is 0. The zero-order valence-corrected chi connectivity index (χ0v) is 29.7. The summed E-state index contributed by atoms with van der Waals surface area (Å²) in [4.78, 5) is 15.7. The van der Waals surface area contributed by atoms with Crippen LogP contribution in [0.15, 0.2) is 180 Å². The topological polar surface area (TPSA) is 51.8 Å². The number of hydrogen-bond donors (Lipinski definition) is 0. The van der Waals surface area contributed by atoms with Crippen molar-refractivity contribution in [2.24, 2.45) is 0 Å². The van der Waals surface area contributed by atoms with Crippen molar-refractivity contribution in [2.75, 3.05) is 0 Å². The largest absolute Gasteiger partial charge is 0.456 e. The van der Waals surface area contributed by atoms with Gasteiger partial charge in [0.2, 0.25) is 0 Å². The monoisotopic (exact) mass is 707 g/mol. The van der Waals surface area contributed by atoms with Crippen LogP contribution in [-0.4, -0.2) is 15.0 Å². The molecule has 0 fully saturated rings. The zero-order valence-electron chi connectivity index (χ0n) is 28.9. The van der Waals surface area contributed by atoms with Crippen LogP contribution < -0.4 is 0 Å². The van der Waals surface area contributed by atoms with Crippen molar-refractivity contribution in [2.45, 2.75) is 0 Å². The first-order chi connectivity index (χ1) is 26.7. The molecular formula is C49H29N3OS. The van der Waals surface area contributed by atoms with Gasteiger partial charge in [-0.05, 0) is 69.4 Å². The lowest BCUT2D eigenvalue weighted by Gasteiger charge is -2.11. The van der Waals surface area contributed by atoms with Crippen LogP contribution in [0.5, 0.6) is 0 Å². The molecule has 0 spiro atoms. The van der Waals surface area contributed by atoms with Crippen molar-refractivity contribution in [1.82, 2.24) is 15.0 Å². The SMILES string of the molecule is c1ccc(-c2cc(-c3nc(-c4ccc(-c5ccc6ccccc6c5)cc4)nc(-c4cccc5c4sc4ccccc45)n3)cc3oc4ccccc4c23)cc1. The van der Waals surface area contributed by atoms with E-state index in [4.69, 9.17) is 19.4 Å². The van der Waals surface area contributed by atoms with Crippen LogP contribution in [0.25, 0.3) is 109 Å². The van der Waals surface area contributed by atoms with Gasteiger partial charge in [0.1, 0.15) is 11.2 Å². The first kappa shape index (κ1) is 30.7. The van der Waals surface area contributed by atoms with Gasteiger partial charge < -0.3 is 4.42 Å². The molecule has 0 amide bonds. The summed E-state index contributed by atoms with van der Waals surface area (Å²) >= 11 is 1.78. The van der Waals surface area contributed by atoms with E-state index < -0.39 is 0 Å². The van der Waals surface area contributed by atoms with Gasteiger partial charge in [-0.1, -0.05) is 140 Å². The molecule has 0 aliphatic carbocycles. The van der Waals surface area contributed by atoms with Crippen LogP contribution in [-0.2, 0) is 0 Å². The Kier molecular flexibility index (Phi) is 7.00. The van der Waals surface area contributed by atoms with E-state index >= 15 is 0 Å². The van der Waals surface area contributed by atoms with Crippen LogP contribution in [0.3, 0.4) is 0 Å². The number of fused-ring (bicyclic) bond motifs is 7. The van der Waals surface area contributed by atoms with Gasteiger partial charge >= 0.3 is 0 Å². The second kappa shape index (κ2) is 12.3. The van der Waals surface area contributed by atoms with Gasteiger partial charge in [0, 0.05) is 47.6 Å². The zero-order chi connectivity index (χ0) is 35.6. The summed E-state index contributed by atoms with van der Waals surface area (Å²) in [5, 5.41) is 7.05. The number of hydrogen-bond acceptors (Lipinski definition) is 5. The maximum atomic E-state index is 6.51. The van der Waals surface area contributed by atoms with Crippen molar-refractivity contribution in [3.8, 4) is 56.4 Å². The lowest BCUT2D eigenvalue weighted by Crippen LogP contribution is -2.00. The Morgan fingerprint density at radius 2 is 1.04 bits per heavy atom. The van der Waals surface area contributed by atoms with E-state index in [1.165, 1.54) is 31.8 Å². The number of benzene rings is 8. The minimum absolute atomic E-state index is 0.589. The van der Waals surface area contributed by atoms with Crippen molar-refractivity contribution in [3.05, 3.63) is 176 Å². The van der Waals surface area contributed by atoms with Crippen molar-refractivity contribution >= 4 is 64.2 Å². The van der Waals surface area contributed by atoms with E-state index in [-0.39, 0.29) is 0 Å². The predicted molar refractivity (Wildman–Crippen MR) is 225 cm³/mol. The second-order valence-corrected chi connectivity index (χ2v) is 14.6. The minimum Gasteiger partial charge on any atom is -0.456 e. The van der Waals surface area contributed by atoms with Gasteiger partial charge in [0.15, 0.2) is 17.5 Å². The lowest BCUT2D eigenvalue weighted by molar-refractivity contribution is 0.669. The number of rotatable bonds is 5. The first-order valence-corrected chi connectivity index (χ1v) is 18.8. The molecule has 3 aromatic heterocycles. The summed E-state index contributed by atoms with van der Waals surface area (Å²) < 4.78 is 8.91. The van der Waals surface area contributed by atoms with E-state index in [2.05, 4.69) is 158 Å². The Bertz CT molecular complexity index is 3220. The molecule has 0 saturated carbocycles. The highest BCUT2D eigenvalue weighted by Crippen LogP contribution is 2.42. The van der Waals surface area contributed by atoms with Crippen LogP contribution in [0.4, 0.5) is 0 Å². The van der Waals surface area contributed by atoms with E-state index in [0.717, 1.165) is 60.0 Å². The molecule has 11 rings (SSSR count). The Hall–Kier alpha value is -6.95. The molecule has 8 aromatic carbocycles. The maximum absolute atomic E-state index is 6.51. The standard InChI is InChI=1S/C49H29N3OS/c1-2-12-32(13-3-1)41-28-36(29-43-45(41)39-16-6-8-19-42(39)53-43)48-50-47(33-24-21-31(22-25-33)35-26-23-30-11-4-5-14-34(30)27-35)51-49(52-48)40-18-10-17-38-37-15-7-9-20-44(37)54-46(38)40/h1-29H. The Morgan fingerprint density at radius 1 is 0.370 bits per heavy atom. The van der Waals surface area contributed by atoms with Crippen molar-refractivity contribution < 1.29 is 4.42 Å². The smallest absolute Gasteiger partial charge is 0.165 e. The van der Waals surface area contributed by atoms with E-state index in [1.807, 2.05) is 18.2 Å². The fourth-order valence-corrected chi connectivity index (χ4v) is 8.90. The Labute approximate surface area is 314 Å². The number of nitrogens with zero attached hydrogens (tertiary/aromatic N) is 3. The molecule has 0 aliphatic heterocycles. The van der Waals surface area contributed by atoms with E-state index in [9.17, 15) is 0 Å². The van der Waals surface area contributed by atoms with Crippen LogP contribution in [0.1, 0.15) is 0 Å². The second-order valence-electron chi connectivity index (χ2n) is 13.6. The Morgan fingerprint density at radius 3 is 1.91 bits per heavy atom. The highest BCUT2D eigenvalue weighted by atomic mass is 32.1. The van der Waals surface area contributed by atoms with Crippen molar-refractivity contribution in [1.29, 1.82) is 0 Å².